The molecule has 1 N–H and O–H groups in total. The molecule has 0 saturated carbocycles. The van der Waals surface area contributed by atoms with Crippen LogP contribution in [0, 0.1) is 10.1 Å². The van der Waals surface area contributed by atoms with E-state index in [9.17, 15) is 10.1 Å². The van der Waals surface area contributed by atoms with Crippen LogP contribution >= 0.6 is 11.6 Å². The van der Waals surface area contributed by atoms with E-state index in [-0.39, 0.29) is 22.3 Å². The number of nitro groups is 1. The highest BCUT2D eigenvalue weighted by atomic mass is 35.5. The van der Waals surface area contributed by atoms with E-state index in [4.69, 9.17) is 16.3 Å². The zero-order chi connectivity index (χ0) is 14.5. The number of benzene rings is 1. The van der Waals surface area contributed by atoms with Crippen LogP contribution in [0.25, 0.3) is 0 Å². The van der Waals surface area contributed by atoms with Gasteiger partial charge in [-0.2, -0.15) is 4.98 Å². The van der Waals surface area contributed by atoms with Gasteiger partial charge < -0.3 is 10.1 Å². The Morgan fingerprint density at radius 3 is 2.95 bits per heavy atom. The molecule has 1 aromatic heterocycles. The molecule has 0 bridgehead atoms. The summed E-state index contributed by atoms with van der Waals surface area (Å²) < 4.78 is 5.42. The van der Waals surface area contributed by atoms with Crippen molar-refractivity contribution >= 4 is 23.2 Å². The molecule has 0 aliphatic rings. The highest BCUT2D eigenvalue weighted by Gasteiger charge is 2.17. The molecule has 0 unspecified atom stereocenters. The lowest BCUT2D eigenvalue weighted by Gasteiger charge is -2.07. The van der Waals surface area contributed by atoms with Gasteiger partial charge in [0.2, 0.25) is 17.6 Å². The second kappa shape index (κ2) is 6.16. The molecular weight excluding hydrogens is 284 g/mol. The van der Waals surface area contributed by atoms with E-state index in [1.165, 1.54) is 30.5 Å². The third kappa shape index (κ3) is 3.33. The highest BCUT2D eigenvalue weighted by molar-refractivity contribution is 6.30. The van der Waals surface area contributed by atoms with Crippen molar-refractivity contribution in [1.29, 1.82) is 0 Å². The number of nitrogens with one attached hydrogen (secondary N) is 1. The SMILES string of the molecule is CCNc1nccc(Oc2ccc(Cl)cc2[N+](=O)[O-])n1. The van der Waals surface area contributed by atoms with Gasteiger partial charge in [-0.25, -0.2) is 4.98 Å². The highest BCUT2D eigenvalue weighted by Crippen LogP contribution is 2.32. The van der Waals surface area contributed by atoms with Crippen LogP contribution in [0.4, 0.5) is 11.6 Å². The van der Waals surface area contributed by atoms with Gasteiger partial charge in [-0.3, -0.25) is 10.1 Å². The maximum Gasteiger partial charge on any atom is 0.313 e. The zero-order valence-electron chi connectivity index (χ0n) is 10.5. The van der Waals surface area contributed by atoms with E-state index in [1.807, 2.05) is 6.92 Å². The predicted octanol–water partition coefficient (Wildman–Crippen LogP) is 3.26. The van der Waals surface area contributed by atoms with Crippen LogP contribution < -0.4 is 10.1 Å². The molecule has 0 saturated heterocycles. The summed E-state index contributed by atoms with van der Waals surface area (Å²) in [7, 11) is 0. The minimum Gasteiger partial charge on any atom is -0.432 e. The van der Waals surface area contributed by atoms with E-state index in [0.717, 1.165) is 0 Å². The van der Waals surface area contributed by atoms with Crippen LogP contribution in [-0.2, 0) is 0 Å². The van der Waals surface area contributed by atoms with Gasteiger partial charge >= 0.3 is 5.69 Å². The van der Waals surface area contributed by atoms with Crippen LogP contribution in [0.15, 0.2) is 30.5 Å². The van der Waals surface area contributed by atoms with Gasteiger partial charge in [0.25, 0.3) is 0 Å². The third-order valence-electron chi connectivity index (χ3n) is 2.30. The number of anilines is 1. The number of rotatable bonds is 5. The van der Waals surface area contributed by atoms with Crippen molar-refractivity contribution in [2.24, 2.45) is 0 Å². The Hall–Kier alpha value is -2.41. The predicted molar refractivity (Wildman–Crippen MR) is 74.4 cm³/mol. The van der Waals surface area contributed by atoms with Gasteiger partial charge in [0.05, 0.1) is 4.92 Å². The molecule has 20 heavy (non-hydrogen) atoms. The van der Waals surface area contributed by atoms with Crippen LogP contribution in [0.5, 0.6) is 11.6 Å². The zero-order valence-corrected chi connectivity index (χ0v) is 11.3. The van der Waals surface area contributed by atoms with Crippen LogP contribution in [0.3, 0.4) is 0 Å². The van der Waals surface area contributed by atoms with Crippen molar-refractivity contribution < 1.29 is 9.66 Å². The van der Waals surface area contributed by atoms with Gasteiger partial charge in [0.1, 0.15) is 0 Å². The Morgan fingerprint density at radius 2 is 2.25 bits per heavy atom. The van der Waals surface area contributed by atoms with Crippen LogP contribution in [0.1, 0.15) is 6.92 Å². The number of hydrogen-bond acceptors (Lipinski definition) is 6. The maximum absolute atomic E-state index is 11.0. The van der Waals surface area contributed by atoms with Gasteiger partial charge in [-0.1, -0.05) is 11.6 Å². The van der Waals surface area contributed by atoms with E-state index < -0.39 is 4.92 Å². The minimum atomic E-state index is -0.562. The summed E-state index contributed by atoms with van der Waals surface area (Å²) in [5.74, 6) is 0.670. The lowest BCUT2D eigenvalue weighted by atomic mass is 10.3. The summed E-state index contributed by atoms with van der Waals surface area (Å²) in [6.45, 7) is 2.56. The van der Waals surface area contributed by atoms with Gasteiger partial charge in [0.15, 0.2) is 0 Å². The van der Waals surface area contributed by atoms with Crippen LogP contribution in [-0.4, -0.2) is 21.4 Å². The van der Waals surface area contributed by atoms with Gasteiger partial charge in [0, 0.05) is 29.9 Å². The first kappa shape index (κ1) is 14.0. The first-order chi connectivity index (χ1) is 9.60. The van der Waals surface area contributed by atoms with E-state index >= 15 is 0 Å². The van der Waals surface area contributed by atoms with Crippen molar-refractivity contribution in [2.45, 2.75) is 6.92 Å². The fraction of sp³-hybridized carbons (Fsp3) is 0.167. The summed E-state index contributed by atoms with van der Waals surface area (Å²) in [6.07, 6.45) is 1.50. The molecule has 0 amide bonds. The van der Waals surface area contributed by atoms with Crippen molar-refractivity contribution in [2.75, 3.05) is 11.9 Å². The second-order valence-corrected chi connectivity index (χ2v) is 4.16. The number of ether oxygens (including phenoxy) is 1. The topological polar surface area (TPSA) is 90.2 Å². The summed E-state index contributed by atoms with van der Waals surface area (Å²) in [5.41, 5.74) is -0.221. The summed E-state index contributed by atoms with van der Waals surface area (Å²) in [5, 5.41) is 14.1. The van der Waals surface area contributed by atoms with E-state index in [1.54, 1.807) is 0 Å². The molecule has 7 nitrogen and oxygen atoms in total. The minimum absolute atomic E-state index is 0.0700. The number of hydrogen-bond donors (Lipinski definition) is 1. The van der Waals surface area contributed by atoms with Crippen LogP contribution in [0.2, 0.25) is 5.02 Å². The normalized spacial score (nSPS) is 10.1. The molecule has 0 fully saturated rings. The van der Waals surface area contributed by atoms with Gasteiger partial charge in [-0.15, -0.1) is 0 Å². The van der Waals surface area contributed by atoms with Crippen molar-refractivity contribution in [3.63, 3.8) is 0 Å². The monoisotopic (exact) mass is 294 g/mol. The molecule has 0 atom stereocenters. The van der Waals surface area contributed by atoms with Crippen molar-refractivity contribution in [3.8, 4) is 11.6 Å². The van der Waals surface area contributed by atoms with Crippen molar-refractivity contribution in [3.05, 3.63) is 45.6 Å². The Bertz CT molecular complexity index is 636. The number of nitro benzene ring substituents is 1. The molecule has 0 aliphatic carbocycles. The second-order valence-electron chi connectivity index (χ2n) is 3.72. The van der Waals surface area contributed by atoms with E-state index in [2.05, 4.69) is 15.3 Å². The Balaban J connectivity index is 2.30. The number of halogens is 1. The maximum atomic E-state index is 11.0. The molecule has 104 valence electrons. The number of nitrogens with zero attached hydrogens (tertiary/aromatic N) is 3. The standard InChI is InChI=1S/C12H11ClN4O3/c1-2-14-12-15-6-5-11(16-12)20-10-4-3-8(13)7-9(10)17(18)19/h3-7H,2H2,1H3,(H,14,15,16). The quantitative estimate of drug-likeness (QED) is 0.672. The van der Waals surface area contributed by atoms with E-state index in [0.29, 0.717) is 12.5 Å². The Morgan fingerprint density at radius 1 is 1.45 bits per heavy atom. The molecule has 0 aliphatic heterocycles. The largest absolute Gasteiger partial charge is 0.432 e. The average molecular weight is 295 g/mol. The molecule has 2 aromatic rings. The molecule has 2 rings (SSSR count). The fourth-order valence-electron chi connectivity index (χ4n) is 1.47. The summed E-state index contributed by atoms with van der Waals surface area (Å²) in [4.78, 5) is 18.5. The lowest BCUT2D eigenvalue weighted by Crippen LogP contribution is -2.02. The number of aromatic nitrogens is 2. The third-order valence-corrected chi connectivity index (χ3v) is 2.53. The summed E-state index contributed by atoms with van der Waals surface area (Å²) in [6, 6.07) is 5.67. The first-order valence-corrected chi connectivity index (χ1v) is 6.16. The molecule has 8 heteroatoms. The smallest absolute Gasteiger partial charge is 0.313 e. The Labute approximate surface area is 119 Å². The first-order valence-electron chi connectivity index (χ1n) is 5.79. The van der Waals surface area contributed by atoms with Crippen molar-refractivity contribution in [1.82, 2.24) is 9.97 Å². The Kier molecular flexibility index (Phi) is 4.31. The summed E-state index contributed by atoms with van der Waals surface area (Å²) >= 11 is 5.73. The lowest BCUT2D eigenvalue weighted by molar-refractivity contribution is -0.385. The molecule has 0 spiro atoms. The fourth-order valence-corrected chi connectivity index (χ4v) is 1.64. The molecule has 0 radical (unpaired) electrons. The molecular formula is C12H11ClN4O3. The average Bonchev–Trinajstić information content (AvgIpc) is 2.41. The molecule has 1 aromatic carbocycles. The van der Waals surface area contributed by atoms with Gasteiger partial charge in [-0.05, 0) is 19.1 Å². The molecule has 1 heterocycles.